The molecule has 0 atom stereocenters. The number of carbonyl (C=O) groups excluding carboxylic acids is 1. The van der Waals surface area contributed by atoms with Crippen molar-refractivity contribution in [3.05, 3.63) is 76.3 Å². The molecule has 6 nitrogen and oxygen atoms in total. The van der Waals surface area contributed by atoms with Crippen molar-refractivity contribution in [3.63, 3.8) is 0 Å². The molecule has 160 valence electrons. The van der Waals surface area contributed by atoms with Crippen molar-refractivity contribution in [2.45, 2.75) is 32.7 Å². The number of aryl methyl sites for hydroxylation is 1. The second-order valence-corrected chi connectivity index (χ2v) is 7.82. The summed E-state index contributed by atoms with van der Waals surface area (Å²) in [6.07, 6.45) is 3.71. The van der Waals surface area contributed by atoms with Crippen LogP contribution >= 0.6 is 0 Å². The van der Waals surface area contributed by atoms with Gasteiger partial charge in [-0.2, -0.15) is 5.10 Å². The number of benzene rings is 2. The van der Waals surface area contributed by atoms with E-state index >= 15 is 0 Å². The lowest BCUT2D eigenvalue weighted by atomic mass is 10.1. The Labute approximate surface area is 180 Å². The van der Waals surface area contributed by atoms with Gasteiger partial charge in [0.05, 0.1) is 5.69 Å². The second-order valence-electron chi connectivity index (χ2n) is 7.82. The Morgan fingerprint density at radius 2 is 1.77 bits per heavy atom. The lowest BCUT2D eigenvalue weighted by Gasteiger charge is -2.28. The first-order valence-electron chi connectivity index (χ1n) is 10.5. The molecule has 1 aromatic heterocycles. The first kappa shape index (κ1) is 20.8. The molecule has 0 spiro atoms. The summed E-state index contributed by atoms with van der Waals surface area (Å²) in [5, 5.41) is 6.96. The predicted octanol–water partition coefficient (Wildman–Crippen LogP) is 3.99. The van der Waals surface area contributed by atoms with E-state index in [1.54, 1.807) is 25.1 Å². The lowest BCUT2D eigenvalue weighted by Crippen LogP contribution is -2.29. The zero-order valence-corrected chi connectivity index (χ0v) is 17.5. The Kier molecular flexibility index (Phi) is 6.11. The van der Waals surface area contributed by atoms with Crippen molar-refractivity contribution < 1.29 is 9.18 Å². The predicted molar refractivity (Wildman–Crippen MR) is 120 cm³/mol. The number of anilines is 2. The maximum atomic E-state index is 13.7. The highest BCUT2D eigenvalue weighted by molar-refractivity contribution is 5.90. The van der Waals surface area contributed by atoms with Gasteiger partial charge in [-0.1, -0.05) is 18.2 Å². The summed E-state index contributed by atoms with van der Waals surface area (Å²) >= 11 is 0. The van der Waals surface area contributed by atoms with Crippen molar-refractivity contribution in [2.75, 3.05) is 23.3 Å². The first-order valence-corrected chi connectivity index (χ1v) is 10.5. The van der Waals surface area contributed by atoms with Gasteiger partial charge in [0.25, 0.3) is 5.56 Å². The zero-order chi connectivity index (χ0) is 21.8. The van der Waals surface area contributed by atoms with Gasteiger partial charge in [0.15, 0.2) is 0 Å². The Bertz CT molecular complexity index is 1140. The third-order valence-corrected chi connectivity index (χ3v) is 5.50. The van der Waals surface area contributed by atoms with Crippen molar-refractivity contribution >= 4 is 17.3 Å². The minimum absolute atomic E-state index is 0.256. The molecule has 1 aliphatic heterocycles. The summed E-state index contributed by atoms with van der Waals surface area (Å²) in [6, 6.07) is 15.6. The van der Waals surface area contributed by atoms with Gasteiger partial charge in [0.1, 0.15) is 12.4 Å². The molecule has 0 radical (unpaired) electrons. The minimum Gasteiger partial charge on any atom is -0.372 e. The van der Waals surface area contributed by atoms with Crippen LogP contribution in [0.25, 0.3) is 11.3 Å². The van der Waals surface area contributed by atoms with Gasteiger partial charge in [0.2, 0.25) is 5.91 Å². The molecule has 7 heteroatoms. The van der Waals surface area contributed by atoms with Gasteiger partial charge < -0.3 is 10.2 Å². The van der Waals surface area contributed by atoms with Gasteiger partial charge in [0, 0.05) is 36.1 Å². The van der Waals surface area contributed by atoms with E-state index in [4.69, 9.17) is 0 Å². The van der Waals surface area contributed by atoms with Crippen molar-refractivity contribution in [3.8, 4) is 11.3 Å². The fourth-order valence-corrected chi connectivity index (χ4v) is 3.72. The van der Waals surface area contributed by atoms with E-state index in [0.717, 1.165) is 23.3 Å². The molecule has 4 rings (SSSR count). The molecular weight excluding hydrogens is 395 g/mol. The Morgan fingerprint density at radius 3 is 2.48 bits per heavy atom. The number of rotatable bonds is 5. The van der Waals surface area contributed by atoms with Crippen LogP contribution in [0.3, 0.4) is 0 Å². The Balaban J connectivity index is 1.48. The molecule has 2 aromatic carbocycles. The summed E-state index contributed by atoms with van der Waals surface area (Å²) < 4.78 is 14.8. The smallest absolute Gasteiger partial charge is 0.267 e. The number of nitrogens with zero attached hydrogens (tertiary/aromatic N) is 3. The van der Waals surface area contributed by atoms with Gasteiger partial charge in [-0.25, -0.2) is 9.07 Å². The van der Waals surface area contributed by atoms with Gasteiger partial charge in [-0.05, 0) is 62.1 Å². The topological polar surface area (TPSA) is 67.2 Å². The summed E-state index contributed by atoms with van der Waals surface area (Å²) in [7, 11) is 0. The number of hydrogen-bond donors (Lipinski definition) is 1. The Morgan fingerprint density at radius 1 is 1.03 bits per heavy atom. The molecular formula is C24H25FN4O2. The monoisotopic (exact) mass is 420 g/mol. The van der Waals surface area contributed by atoms with E-state index < -0.39 is 11.7 Å². The van der Waals surface area contributed by atoms with Crippen molar-refractivity contribution in [2.24, 2.45) is 0 Å². The van der Waals surface area contributed by atoms with Crippen LogP contribution in [0.5, 0.6) is 0 Å². The van der Waals surface area contributed by atoms with Gasteiger partial charge in [-0.15, -0.1) is 0 Å². The number of nitrogens with one attached hydrogen (secondary N) is 1. The number of halogens is 1. The summed E-state index contributed by atoms with van der Waals surface area (Å²) in [6.45, 7) is 3.54. The van der Waals surface area contributed by atoms with E-state index in [2.05, 4.69) is 27.4 Å². The van der Waals surface area contributed by atoms with Crippen LogP contribution in [0, 0.1) is 12.7 Å². The van der Waals surface area contributed by atoms with Gasteiger partial charge >= 0.3 is 0 Å². The van der Waals surface area contributed by atoms with Crippen LogP contribution in [0.4, 0.5) is 15.8 Å². The molecule has 2 heterocycles. The number of piperidine rings is 1. The van der Waals surface area contributed by atoms with Crippen LogP contribution in [-0.4, -0.2) is 28.8 Å². The average molecular weight is 420 g/mol. The van der Waals surface area contributed by atoms with Crippen LogP contribution in [0.1, 0.15) is 24.8 Å². The van der Waals surface area contributed by atoms with Crippen molar-refractivity contribution in [1.82, 2.24) is 9.78 Å². The summed E-state index contributed by atoms with van der Waals surface area (Å²) in [5.41, 5.74) is 3.12. The third-order valence-electron chi connectivity index (χ3n) is 5.50. The maximum Gasteiger partial charge on any atom is 0.267 e. The quantitative estimate of drug-likeness (QED) is 0.678. The normalized spacial score (nSPS) is 13.8. The van der Waals surface area contributed by atoms with Gasteiger partial charge in [-0.3, -0.25) is 9.59 Å². The molecule has 0 bridgehead atoms. The highest BCUT2D eigenvalue weighted by Gasteiger charge is 2.12. The molecule has 0 unspecified atom stereocenters. The molecule has 1 aliphatic rings. The molecule has 1 amide bonds. The fourth-order valence-electron chi connectivity index (χ4n) is 3.72. The summed E-state index contributed by atoms with van der Waals surface area (Å²) in [4.78, 5) is 26.9. The van der Waals surface area contributed by atoms with Crippen LogP contribution in [0.2, 0.25) is 0 Å². The minimum atomic E-state index is -0.449. The fraction of sp³-hybridized carbons (Fsp3) is 0.292. The number of aromatic nitrogens is 2. The van der Waals surface area contributed by atoms with Crippen LogP contribution in [-0.2, 0) is 11.3 Å². The lowest BCUT2D eigenvalue weighted by molar-refractivity contribution is -0.117. The maximum absolute atomic E-state index is 13.7. The van der Waals surface area contributed by atoms with Crippen molar-refractivity contribution in [1.29, 1.82) is 0 Å². The highest BCUT2D eigenvalue weighted by Crippen LogP contribution is 2.23. The number of amides is 1. The van der Waals surface area contributed by atoms with Crippen LogP contribution in [0.15, 0.2) is 59.4 Å². The molecule has 1 saturated heterocycles. The Hall–Kier alpha value is -3.48. The molecule has 31 heavy (non-hydrogen) atoms. The molecule has 0 saturated carbocycles. The zero-order valence-electron chi connectivity index (χ0n) is 17.5. The number of carbonyl (C=O) groups is 1. The first-order chi connectivity index (χ1) is 15.0. The second kappa shape index (κ2) is 9.12. The highest BCUT2D eigenvalue weighted by atomic mass is 19.1. The molecule has 1 fully saturated rings. The van der Waals surface area contributed by atoms with E-state index in [1.807, 2.05) is 12.1 Å². The summed E-state index contributed by atoms with van der Waals surface area (Å²) in [5.74, 6) is -0.849. The van der Waals surface area contributed by atoms with Crippen LogP contribution < -0.4 is 15.8 Å². The average Bonchev–Trinajstić information content (AvgIpc) is 2.78. The van der Waals surface area contributed by atoms with E-state index in [-0.39, 0.29) is 12.1 Å². The van der Waals surface area contributed by atoms with E-state index in [1.165, 1.54) is 37.1 Å². The SMILES string of the molecule is Cc1ccc(NC(=O)Cn2nc(-c3ccc(N4CCCCC4)cc3)ccc2=O)cc1F. The third kappa shape index (κ3) is 4.99. The molecule has 3 aromatic rings. The largest absolute Gasteiger partial charge is 0.372 e. The van der Waals surface area contributed by atoms with E-state index in [0.29, 0.717) is 16.9 Å². The standard InChI is InChI=1S/C24H25FN4O2/c1-17-5-8-19(15-21(17)25)26-23(30)16-29-24(31)12-11-22(27-29)18-6-9-20(10-7-18)28-13-3-2-4-14-28/h5-12,15H,2-4,13-14,16H2,1H3,(H,26,30). The number of hydrogen-bond acceptors (Lipinski definition) is 4. The molecule has 0 aliphatic carbocycles. The van der Waals surface area contributed by atoms with E-state index in [9.17, 15) is 14.0 Å². The molecule has 1 N–H and O–H groups in total.